The smallest absolute Gasteiger partial charge is 0.175 e. The van der Waals surface area contributed by atoms with E-state index in [-0.39, 0.29) is 6.10 Å². The van der Waals surface area contributed by atoms with Crippen LogP contribution in [0.5, 0.6) is 11.5 Å². The summed E-state index contributed by atoms with van der Waals surface area (Å²) in [6, 6.07) is 4.19. The van der Waals surface area contributed by atoms with Gasteiger partial charge in [-0.05, 0) is 53.0 Å². The number of ether oxygens (including phenoxy) is 3. The first-order chi connectivity index (χ1) is 10.3. The van der Waals surface area contributed by atoms with Crippen LogP contribution in [0.3, 0.4) is 0 Å². The van der Waals surface area contributed by atoms with E-state index in [1.54, 1.807) is 0 Å². The largest absolute Gasteiger partial charge is 0.486 e. The minimum atomic E-state index is 0.130. The zero-order valence-electron chi connectivity index (χ0n) is 12.4. The van der Waals surface area contributed by atoms with Crippen molar-refractivity contribution in [1.29, 1.82) is 0 Å². The van der Waals surface area contributed by atoms with Crippen LogP contribution in [0.15, 0.2) is 16.6 Å². The average Bonchev–Trinajstić information content (AvgIpc) is 2.53. The molecule has 21 heavy (non-hydrogen) atoms. The summed E-state index contributed by atoms with van der Waals surface area (Å²) in [5.41, 5.74) is 1.17. The number of fused-ring (bicyclic) bond motifs is 1. The lowest BCUT2D eigenvalue weighted by atomic mass is 9.89. The maximum atomic E-state index is 6.06. The van der Waals surface area contributed by atoms with Gasteiger partial charge in [-0.3, -0.25) is 0 Å². The second-order valence-corrected chi connectivity index (χ2v) is 6.38. The second-order valence-electron chi connectivity index (χ2n) is 5.53. The van der Waals surface area contributed by atoms with E-state index in [0.29, 0.717) is 19.1 Å². The standard InChI is InChI=1S/C16H22BrNO3/c1-2-18-10-11-4-3-5-20-15(11)12-8-13(17)16-14(9-12)19-6-7-21-16/h8-9,11,15,18H,2-7,10H2,1H3. The number of halogens is 1. The van der Waals surface area contributed by atoms with Crippen molar-refractivity contribution in [2.75, 3.05) is 32.9 Å². The number of nitrogens with one attached hydrogen (secondary N) is 1. The molecule has 116 valence electrons. The van der Waals surface area contributed by atoms with Crippen LogP contribution in [0.1, 0.15) is 31.4 Å². The number of hydrogen-bond acceptors (Lipinski definition) is 4. The van der Waals surface area contributed by atoms with Gasteiger partial charge in [0, 0.05) is 19.1 Å². The molecule has 1 fully saturated rings. The Morgan fingerprint density at radius 3 is 2.95 bits per heavy atom. The average molecular weight is 356 g/mol. The van der Waals surface area contributed by atoms with Gasteiger partial charge in [0.25, 0.3) is 0 Å². The highest BCUT2D eigenvalue weighted by atomic mass is 79.9. The molecule has 2 unspecified atom stereocenters. The van der Waals surface area contributed by atoms with Crippen molar-refractivity contribution in [3.63, 3.8) is 0 Å². The first-order valence-corrected chi connectivity index (χ1v) is 8.50. The molecule has 2 aliphatic rings. The lowest BCUT2D eigenvalue weighted by molar-refractivity contribution is -0.0278. The summed E-state index contributed by atoms with van der Waals surface area (Å²) in [6.07, 6.45) is 2.46. The van der Waals surface area contributed by atoms with Crippen LogP contribution >= 0.6 is 15.9 Å². The Bertz CT molecular complexity index is 495. The molecular weight excluding hydrogens is 334 g/mol. The summed E-state index contributed by atoms with van der Waals surface area (Å²) in [7, 11) is 0. The van der Waals surface area contributed by atoms with E-state index in [1.807, 2.05) is 0 Å². The van der Waals surface area contributed by atoms with Crippen molar-refractivity contribution in [3.8, 4) is 11.5 Å². The Hall–Kier alpha value is -0.780. The molecule has 0 amide bonds. The number of rotatable bonds is 4. The van der Waals surface area contributed by atoms with Crippen molar-refractivity contribution in [1.82, 2.24) is 5.32 Å². The fraction of sp³-hybridized carbons (Fsp3) is 0.625. The van der Waals surface area contributed by atoms with Crippen LogP contribution < -0.4 is 14.8 Å². The summed E-state index contributed by atoms with van der Waals surface area (Å²) in [5, 5.41) is 3.45. The van der Waals surface area contributed by atoms with E-state index in [2.05, 4.69) is 40.3 Å². The van der Waals surface area contributed by atoms with Crippen LogP contribution in [0, 0.1) is 5.92 Å². The predicted molar refractivity (Wildman–Crippen MR) is 85.1 cm³/mol. The third-order valence-corrected chi connectivity index (χ3v) is 4.64. The van der Waals surface area contributed by atoms with Gasteiger partial charge in [-0.2, -0.15) is 0 Å². The highest BCUT2D eigenvalue weighted by Gasteiger charge is 2.29. The topological polar surface area (TPSA) is 39.7 Å². The van der Waals surface area contributed by atoms with E-state index in [0.717, 1.165) is 42.1 Å². The van der Waals surface area contributed by atoms with Crippen LogP contribution in [-0.2, 0) is 4.74 Å². The van der Waals surface area contributed by atoms with Gasteiger partial charge in [-0.15, -0.1) is 0 Å². The van der Waals surface area contributed by atoms with Crippen molar-refractivity contribution in [3.05, 3.63) is 22.2 Å². The van der Waals surface area contributed by atoms with E-state index >= 15 is 0 Å². The molecule has 0 aromatic heterocycles. The van der Waals surface area contributed by atoms with Crippen LogP contribution in [0.25, 0.3) is 0 Å². The summed E-state index contributed by atoms with van der Waals surface area (Å²) >= 11 is 3.60. The molecule has 1 saturated heterocycles. The van der Waals surface area contributed by atoms with Crippen molar-refractivity contribution in [2.24, 2.45) is 5.92 Å². The number of hydrogen-bond donors (Lipinski definition) is 1. The first-order valence-electron chi connectivity index (χ1n) is 7.71. The highest BCUT2D eigenvalue weighted by molar-refractivity contribution is 9.10. The molecular formula is C16H22BrNO3. The fourth-order valence-electron chi connectivity index (χ4n) is 3.05. The Balaban J connectivity index is 1.85. The molecule has 0 saturated carbocycles. The third kappa shape index (κ3) is 3.35. The van der Waals surface area contributed by atoms with E-state index in [1.165, 1.54) is 12.0 Å². The molecule has 2 atom stereocenters. The van der Waals surface area contributed by atoms with Crippen LogP contribution in [0.4, 0.5) is 0 Å². The van der Waals surface area contributed by atoms with Gasteiger partial charge in [0.05, 0.1) is 10.6 Å². The Labute approximate surface area is 134 Å². The van der Waals surface area contributed by atoms with Gasteiger partial charge in [0.15, 0.2) is 11.5 Å². The van der Waals surface area contributed by atoms with Gasteiger partial charge in [-0.25, -0.2) is 0 Å². The molecule has 1 aromatic rings. The van der Waals surface area contributed by atoms with Gasteiger partial charge in [0.1, 0.15) is 13.2 Å². The zero-order chi connectivity index (χ0) is 14.7. The van der Waals surface area contributed by atoms with Gasteiger partial charge in [-0.1, -0.05) is 6.92 Å². The number of benzene rings is 1. The van der Waals surface area contributed by atoms with Gasteiger partial charge in [0.2, 0.25) is 0 Å². The molecule has 0 aliphatic carbocycles. The summed E-state index contributed by atoms with van der Waals surface area (Å²) < 4.78 is 18.4. The van der Waals surface area contributed by atoms with E-state index < -0.39 is 0 Å². The van der Waals surface area contributed by atoms with Gasteiger partial charge >= 0.3 is 0 Å². The maximum Gasteiger partial charge on any atom is 0.175 e. The fourth-order valence-corrected chi connectivity index (χ4v) is 3.62. The predicted octanol–water partition coefficient (Wildman–Crippen LogP) is 3.30. The molecule has 2 aliphatic heterocycles. The molecule has 1 N–H and O–H groups in total. The summed E-state index contributed by atoms with van der Waals surface area (Å²) in [4.78, 5) is 0. The first kappa shape index (κ1) is 15.1. The lowest BCUT2D eigenvalue weighted by Crippen LogP contribution is -2.32. The minimum Gasteiger partial charge on any atom is -0.486 e. The van der Waals surface area contributed by atoms with E-state index in [4.69, 9.17) is 14.2 Å². The van der Waals surface area contributed by atoms with Crippen LogP contribution in [0.2, 0.25) is 0 Å². The molecule has 1 aromatic carbocycles. The summed E-state index contributed by atoms with van der Waals surface area (Å²) in [6.45, 7) is 6.17. The minimum absolute atomic E-state index is 0.130. The quantitative estimate of drug-likeness (QED) is 0.899. The summed E-state index contributed by atoms with van der Waals surface area (Å²) in [5.74, 6) is 2.14. The van der Waals surface area contributed by atoms with Crippen LogP contribution in [-0.4, -0.2) is 32.9 Å². The Morgan fingerprint density at radius 1 is 1.24 bits per heavy atom. The molecule has 0 spiro atoms. The SMILES string of the molecule is CCNCC1CCCOC1c1cc(Br)c2c(c1)OCCO2. The molecule has 3 rings (SSSR count). The maximum absolute atomic E-state index is 6.06. The Morgan fingerprint density at radius 2 is 2.10 bits per heavy atom. The molecule has 4 nitrogen and oxygen atoms in total. The highest BCUT2D eigenvalue weighted by Crippen LogP contribution is 2.43. The zero-order valence-corrected chi connectivity index (χ0v) is 13.9. The molecule has 0 bridgehead atoms. The molecule has 5 heteroatoms. The van der Waals surface area contributed by atoms with Crippen molar-refractivity contribution >= 4 is 15.9 Å². The van der Waals surface area contributed by atoms with Crippen molar-refractivity contribution in [2.45, 2.75) is 25.9 Å². The third-order valence-electron chi connectivity index (χ3n) is 4.05. The molecule has 2 heterocycles. The van der Waals surface area contributed by atoms with E-state index in [9.17, 15) is 0 Å². The van der Waals surface area contributed by atoms with Gasteiger partial charge < -0.3 is 19.5 Å². The van der Waals surface area contributed by atoms with Crippen molar-refractivity contribution < 1.29 is 14.2 Å². The monoisotopic (exact) mass is 355 g/mol. The molecule has 0 radical (unpaired) electrons. The normalized spacial score (nSPS) is 24.9. The lowest BCUT2D eigenvalue weighted by Gasteiger charge is -2.33. The second kappa shape index (κ2) is 6.99. The Kier molecular flexibility index (Phi) is 5.03.